The molecule has 9 heteroatoms. The van der Waals surface area contributed by atoms with E-state index in [1.54, 1.807) is 55.1 Å². The van der Waals surface area contributed by atoms with Gasteiger partial charge in [-0.05, 0) is 49.2 Å². The molecule has 0 aliphatic heterocycles. The first-order chi connectivity index (χ1) is 16.3. The van der Waals surface area contributed by atoms with E-state index in [1.165, 1.54) is 12.1 Å². The Hall–Kier alpha value is -3.32. The van der Waals surface area contributed by atoms with Crippen molar-refractivity contribution in [1.29, 1.82) is 0 Å². The summed E-state index contributed by atoms with van der Waals surface area (Å²) in [5.74, 6) is -0.262. The monoisotopic (exact) mass is 482 g/mol. The van der Waals surface area contributed by atoms with Gasteiger partial charge < -0.3 is 13.9 Å². The Kier molecular flexibility index (Phi) is 8.71. The number of hydrogen-bond donors (Lipinski definition) is 0. The molecule has 3 aromatic carbocycles. The molecular formula is C25H27N2O6P. The van der Waals surface area contributed by atoms with Crippen molar-refractivity contribution >= 4 is 24.9 Å². The van der Waals surface area contributed by atoms with Crippen LogP contribution in [0.3, 0.4) is 0 Å². The maximum Gasteiger partial charge on any atom is 0.335 e. The van der Waals surface area contributed by atoms with Crippen molar-refractivity contribution in [3.8, 4) is 0 Å². The molecular weight excluding hydrogens is 455 g/mol. The number of non-ortho nitro benzene ring substituents is 1. The topological polar surface area (TPSA) is 99.0 Å². The van der Waals surface area contributed by atoms with Gasteiger partial charge in [0, 0.05) is 23.4 Å². The third kappa shape index (κ3) is 6.60. The van der Waals surface area contributed by atoms with Crippen LogP contribution < -0.4 is 4.90 Å². The predicted molar refractivity (Wildman–Crippen MR) is 131 cm³/mol. The summed E-state index contributed by atoms with van der Waals surface area (Å²) in [6.07, 6.45) is 0.110. The van der Waals surface area contributed by atoms with E-state index in [1.807, 2.05) is 30.3 Å². The van der Waals surface area contributed by atoms with Crippen molar-refractivity contribution in [2.24, 2.45) is 0 Å². The molecule has 0 bridgehead atoms. The van der Waals surface area contributed by atoms with Gasteiger partial charge in [0.25, 0.3) is 11.6 Å². The highest BCUT2D eigenvalue weighted by molar-refractivity contribution is 7.53. The summed E-state index contributed by atoms with van der Waals surface area (Å²) in [7, 11) is -3.26. The van der Waals surface area contributed by atoms with E-state index in [9.17, 15) is 19.5 Å². The van der Waals surface area contributed by atoms with E-state index in [2.05, 4.69) is 0 Å². The molecule has 178 valence electrons. The smallest absolute Gasteiger partial charge is 0.309 e. The Bertz CT molecular complexity index is 1140. The van der Waals surface area contributed by atoms with E-state index < -0.39 is 12.5 Å². The number of hydrogen-bond acceptors (Lipinski definition) is 6. The predicted octanol–water partition coefficient (Wildman–Crippen LogP) is 6.21. The van der Waals surface area contributed by atoms with Gasteiger partial charge in [-0.1, -0.05) is 42.5 Å². The third-order valence-electron chi connectivity index (χ3n) is 5.03. The lowest BCUT2D eigenvalue weighted by Gasteiger charge is -2.23. The molecule has 34 heavy (non-hydrogen) atoms. The molecule has 3 rings (SSSR count). The van der Waals surface area contributed by atoms with Crippen molar-refractivity contribution in [3.05, 3.63) is 106 Å². The quantitative estimate of drug-likeness (QED) is 0.183. The van der Waals surface area contributed by atoms with Gasteiger partial charge in [0.2, 0.25) is 0 Å². The number of rotatable bonds is 11. The molecule has 1 amide bonds. The molecule has 0 unspecified atom stereocenters. The highest BCUT2D eigenvalue weighted by atomic mass is 31.2. The zero-order valence-corrected chi connectivity index (χ0v) is 20.0. The number of nitrogens with zero attached hydrogens (tertiary/aromatic N) is 2. The van der Waals surface area contributed by atoms with Gasteiger partial charge >= 0.3 is 7.60 Å². The van der Waals surface area contributed by atoms with E-state index in [0.29, 0.717) is 17.8 Å². The molecule has 0 fully saturated rings. The Morgan fingerprint density at radius 2 is 1.47 bits per heavy atom. The standard InChI is InChI=1S/C25H27N2O6P/c1-3-32-34(31,33-4-2)19-21-10-12-22(13-11-21)25(28)26(18-20-8-6-5-7-9-20)23-14-16-24(17-15-23)27(29)30/h5-17H,3-4,18-19H2,1-2H3. The molecule has 8 nitrogen and oxygen atoms in total. The second-order valence-corrected chi connectivity index (χ2v) is 9.51. The van der Waals surface area contributed by atoms with Crippen molar-refractivity contribution in [2.75, 3.05) is 18.1 Å². The second-order valence-electron chi connectivity index (χ2n) is 7.45. The van der Waals surface area contributed by atoms with Gasteiger partial charge in [0.15, 0.2) is 0 Å². The van der Waals surface area contributed by atoms with Crippen LogP contribution in [0.25, 0.3) is 0 Å². The lowest BCUT2D eigenvalue weighted by molar-refractivity contribution is -0.384. The summed E-state index contributed by atoms with van der Waals surface area (Å²) in [5, 5.41) is 11.0. The first-order valence-corrected chi connectivity index (χ1v) is 12.7. The molecule has 0 N–H and O–H groups in total. The number of nitro benzene ring substituents is 1. The Morgan fingerprint density at radius 3 is 2.00 bits per heavy atom. The molecule has 0 aromatic heterocycles. The minimum Gasteiger partial charge on any atom is -0.309 e. The van der Waals surface area contributed by atoms with Crippen molar-refractivity contribution < 1.29 is 23.3 Å². The van der Waals surface area contributed by atoms with Crippen LogP contribution in [0.4, 0.5) is 11.4 Å². The maximum absolute atomic E-state index is 13.5. The number of nitro groups is 1. The van der Waals surface area contributed by atoms with E-state index >= 15 is 0 Å². The first kappa shape index (κ1) is 25.3. The molecule has 0 atom stereocenters. The Morgan fingerprint density at radius 1 is 0.882 bits per heavy atom. The summed E-state index contributed by atoms with van der Waals surface area (Å²) >= 11 is 0. The fourth-order valence-electron chi connectivity index (χ4n) is 3.45. The normalized spacial score (nSPS) is 11.2. The number of amides is 1. The van der Waals surface area contributed by atoms with Gasteiger partial charge in [-0.25, -0.2) is 0 Å². The van der Waals surface area contributed by atoms with Crippen LogP contribution in [-0.2, 0) is 26.3 Å². The molecule has 0 radical (unpaired) electrons. The van der Waals surface area contributed by atoms with Crippen LogP contribution in [0.2, 0.25) is 0 Å². The van der Waals surface area contributed by atoms with E-state index in [4.69, 9.17) is 9.05 Å². The van der Waals surface area contributed by atoms with Crippen LogP contribution in [0.5, 0.6) is 0 Å². The SMILES string of the molecule is CCOP(=O)(Cc1ccc(C(=O)N(Cc2ccccc2)c2ccc([N+](=O)[O-])cc2)cc1)OCC. The van der Waals surface area contributed by atoms with Crippen LogP contribution >= 0.6 is 7.60 Å². The van der Waals surface area contributed by atoms with Gasteiger partial charge in [-0.15, -0.1) is 0 Å². The number of benzene rings is 3. The maximum atomic E-state index is 13.5. The molecule has 0 heterocycles. The van der Waals surface area contributed by atoms with E-state index in [-0.39, 0.29) is 31.0 Å². The Labute approximate surface area is 198 Å². The summed E-state index contributed by atoms with van der Waals surface area (Å²) in [5.41, 5.74) is 2.57. The van der Waals surface area contributed by atoms with E-state index in [0.717, 1.165) is 11.1 Å². The summed E-state index contributed by atoms with van der Waals surface area (Å²) < 4.78 is 23.5. The van der Waals surface area contributed by atoms with Crippen LogP contribution in [0.1, 0.15) is 35.3 Å². The number of carbonyl (C=O) groups excluding carboxylic acids is 1. The Balaban J connectivity index is 1.86. The molecule has 0 saturated carbocycles. The highest BCUT2D eigenvalue weighted by Crippen LogP contribution is 2.51. The summed E-state index contributed by atoms with van der Waals surface area (Å²) in [6, 6.07) is 22.2. The van der Waals surface area contributed by atoms with Crippen LogP contribution in [0.15, 0.2) is 78.9 Å². The zero-order chi connectivity index (χ0) is 24.6. The average molecular weight is 482 g/mol. The van der Waals surface area contributed by atoms with Gasteiger partial charge in [0.1, 0.15) is 0 Å². The summed E-state index contributed by atoms with van der Waals surface area (Å²) in [6.45, 7) is 4.36. The minimum atomic E-state index is -3.26. The van der Waals surface area contributed by atoms with Crippen molar-refractivity contribution in [2.45, 2.75) is 26.6 Å². The largest absolute Gasteiger partial charge is 0.335 e. The molecule has 0 aliphatic carbocycles. The number of carbonyl (C=O) groups is 1. The number of anilines is 1. The lowest BCUT2D eigenvalue weighted by Crippen LogP contribution is -2.30. The average Bonchev–Trinajstić information content (AvgIpc) is 2.83. The van der Waals surface area contributed by atoms with Crippen molar-refractivity contribution in [3.63, 3.8) is 0 Å². The molecule has 0 saturated heterocycles. The fourth-order valence-corrected chi connectivity index (χ4v) is 5.16. The van der Waals surface area contributed by atoms with Gasteiger partial charge in [-0.2, -0.15) is 0 Å². The molecule has 3 aromatic rings. The zero-order valence-electron chi connectivity index (χ0n) is 19.1. The van der Waals surface area contributed by atoms with Crippen LogP contribution in [-0.4, -0.2) is 24.0 Å². The van der Waals surface area contributed by atoms with Crippen molar-refractivity contribution in [1.82, 2.24) is 0 Å². The lowest BCUT2D eigenvalue weighted by atomic mass is 10.1. The van der Waals surface area contributed by atoms with Gasteiger partial charge in [0.05, 0.1) is 30.8 Å². The molecule has 0 aliphatic rings. The fraction of sp³-hybridized carbons (Fsp3) is 0.240. The van der Waals surface area contributed by atoms with Gasteiger partial charge in [-0.3, -0.25) is 19.5 Å². The van der Waals surface area contributed by atoms with Crippen LogP contribution in [0, 0.1) is 10.1 Å². The molecule has 0 spiro atoms. The highest BCUT2D eigenvalue weighted by Gasteiger charge is 2.25. The first-order valence-electron chi connectivity index (χ1n) is 10.9. The second kappa shape index (κ2) is 11.7. The summed E-state index contributed by atoms with van der Waals surface area (Å²) in [4.78, 5) is 25.6. The third-order valence-corrected chi connectivity index (χ3v) is 7.09. The minimum absolute atomic E-state index is 0.0479.